The number of nitrogens with zero attached hydrogens (tertiary/aromatic N) is 2. The van der Waals surface area contributed by atoms with Crippen molar-refractivity contribution in [3.63, 3.8) is 0 Å². The molecule has 0 saturated carbocycles. The minimum Gasteiger partial charge on any atom is -0.406 e. The highest BCUT2D eigenvalue weighted by Gasteiger charge is 2.33. The van der Waals surface area contributed by atoms with E-state index in [1.54, 1.807) is 6.92 Å². The average Bonchev–Trinajstić information content (AvgIpc) is 2.72. The van der Waals surface area contributed by atoms with Crippen molar-refractivity contribution in [2.75, 3.05) is 17.2 Å². The maximum absolute atomic E-state index is 13.4. The molecule has 176 valence electrons. The van der Waals surface area contributed by atoms with Crippen molar-refractivity contribution in [2.45, 2.75) is 25.5 Å². The minimum atomic E-state index is -4.90. The van der Waals surface area contributed by atoms with Gasteiger partial charge in [0.05, 0.1) is 23.6 Å². The number of anilines is 3. The Labute approximate surface area is 184 Å². The molecule has 0 amide bonds. The normalized spacial score (nSPS) is 12.8. The molecule has 0 bridgehead atoms. The number of aliphatic hydroxyl groups is 1. The fourth-order valence-corrected chi connectivity index (χ4v) is 2.82. The van der Waals surface area contributed by atoms with Crippen molar-refractivity contribution in [3.8, 4) is 17.0 Å². The highest BCUT2D eigenvalue weighted by atomic mass is 19.4. The lowest BCUT2D eigenvalue weighted by molar-refractivity contribution is -0.274. The molecular formula is C21H18F6N4O2. The van der Waals surface area contributed by atoms with Crippen LogP contribution in [-0.4, -0.2) is 34.1 Å². The predicted molar refractivity (Wildman–Crippen MR) is 109 cm³/mol. The molecule has 1 aromatic heterocycles. The lowest BCUT2D eigenvalue weighted by Gasteiger charge is -2.17. The first-order valence-corrected chi connectivity index (χ1v) is 9.50. The maximum atomic E-state index is 13.4. The van der Waals surface area contributed by atoms with Crippen LogP contribution in [0, 0.1) is 0 Å². The molecule has 6 nitrogen and oxygen atoms in total. The van der Waals surface area contributed by atoms with E-state index in [1.165, 1.54) is 36.4 Å². The van der Waals surface area contributed by atoms with Gasteiger partial charge in [0.15, 0.2) is 0 Å². The highest BCUT2D eigenvalue weighted by molar-refractivity contribution is 5.69. The number of aliphatic hydroxyl groups excluding tert-OH is 1. The summed E-state index contributed by atoms with van der Waals surface area (Å²) >= 11 is 0. The molecule has 0 aliphatic carbocycles. The van der Waals surface area contributed by atoms with Gasteiger partial charge in [0.2, 0.25) is 5.95 Å². The fourth-order valence-electron chi connectivity index (χ4n) is 2.82. The van der Waals surface area contributed by atoms with E-state index in [1.807, 2.05) is 0 Å². The van der Waals surface area contributed by atoms with Crippen molar-refractivity contribution in [3.05, 3.63) is 60.2 Å². The third-order valence-electron chi connectivity index (χ3n) is 4.23. The molecule has 12 heteroatoms. The molecule has 0 fully saturated rings. The summed E-state index contributed by atoms with van der Waals surface area (Å²) < 4.78 is 81.7. The Balaban J connectivity index is 2.04. The third-order valence-corrected chi connectivity index (χ3v) is 4.23. The van der Waals surface area contributed by atoms with Crippen LogP contribution in [0.1, 0.15) is 12.5 Å². The number of benzene rings is 2. The van der Waals surface area contributed by atoms with Gasteiger partial charge in [-0.05, 0) is 31.2 Å². The van der Waals surface area contributed by atoms with Gasteiger partial charge >= 0.3 is 12.5 Å². The summed E-state index contributed by atoms with van der Waals surface area (Å²) in [5.41, 5.74) is -0.891. The second-order valence-corrected chi connectivity index (χ2v) is 6.93. The molecule has 33 heavy (non-hydrogen) atoms. The van der Waals surface area contributed by atoms with Gasteiger partial charge < -0.3 is 20.5 Å². The van der Waals surface area contributed by atoms with Gasteiger partial charge in [0, 0.05) is 17.7 Å². The second kappa shape index (κ2) is 9.53. The van der Waals surface area contributed by atoms with Crippen LogP contribution in [0.15, 0.2) is 54.6 Å². The Hall–Kier alpha value is -3.54. The number of para-hydroxylation sites is 1. The SMILES string of the molecule is C[C@H](CO)Nc1nc(Nc2ccccc2C(F)(F)F)cc(-c2cccc(OC(F)(F)F)c2)n1. The zero-order valence-corrected chi connectivity index (χ0v) is 17.0. The smallest absolute Gasteiger partial charge is 0.406 e. The monoisotopic (exact) mass is 472 g/mol. The largest absolute Gasteiger partial charge is 0.573 e. The van der Waals surface area contributed by atoms with E-state index >= 15 is 0 Å². The molecule has 0 spiro atoms. The summed E-state index contributed by atoms with van der Waals surface area (Å²) in [6.07, 6.45) is -9.53. The Morgan fingerprint density at radius 3 is 2.36 bits per heavy atom. The molecule has 2 aromatic carbocycles. The van der Waals surface area contributed by atoms with Crippen molar-refractivity contribution < 1.29 is 36.2 Å². The maximum Gasteiger partial charge on any atom is 0.573 e. The number of nitrogens with one attached hydrogen (secondary N) is 2. The van der Waals surface area contributed by atoms with Crippen molar-refractivity contribution in [1.29, 1.82) is 0 Å². The van der Waals surface area contributed by atoms with Gasteiger partial charge in [-0.1, -0.05) is 24.3 Å². The second-order valence-electron chi connectivity index (χ2n) is 6.93. The first-order valence-electron chi connectivity index (χ1n) is 9.50. The van der Waals surface area contributed by atoms with Crippen LogP contribution in [-0.2, 0) is 6.18 Å². The van der Waals surface area contributed by atoms with E-state index in [0.29, 0.717) is 0 Å². The molecule has 0 unspecified atom stereocenters. The van der Waals surface area contributed by atoms with E-state index in [0.717, 1.165) is 18.2 Å². The zero-order chi connectivity index (χ0) is 24.2. The van der Waals surface area contributed by atoms with Gasteiger partial charge in [-0.3, -0.25) is 0 Å². The van der Waals surface area contributed by atoms with Crippen molar-refractivity contribution in [1.82, 2.24) is 9.97 Å². The standard InChI is InChI=1S/C21H18F6N4O2/c1-12(11-32)28-19-30-17(13-5-4-6-14(9-13)33-21(25,26)27)10-18(31-19)29-16-8-3-2-7-15(16)20(22,23)24/h2-10,12,32H,11H2,1H3,(H2,28,29,30,31)/t12-/m1/s1. The number of halogens is 6. The first-order chi connectivity index (χ1) is 15.4. The molecule has 0 radical (unpaired) electrons. The van der Waals surface area contributed by atoms with Crippen molar-refractivity contribution in [2.24, 2.45) is 0 Å². The van der Waals surface area contributed by atoms with Crippen LogP contribution >= 0.6 is 0 Å². The molecular weight excluding hydrogens is 454 g/mol. The van der Waals surface area contributed by atoms with Crippen LogP contribution < -0.4 is 15.4 Å². The molecule has 0 saturated heterocycles. The summed E-state index contributed by atoms with van der Waals surface area (Å²) in [6.45, 7) is 1.32. The predicted octanol–water partition coefficient (Wildman–Crippen LogP) is 5.60. The number of alkyl halides is 6. The Morgan fingerprint density at radius 1 is 0.970 bits per heavy atom. The minimum absolute atomic E-state index is 0.0496. The number of aromatic nitrogens is 2. The van der Waals surface area contributed by atoms with E-state index < -0.39 is 29.9 Å². The molecule has 3 N–H and O–H groups in total. The van der Waals surface area contributed by atoms with E-state index in [2.05, 4.69) is 25.3 Å². The summed E-state index contributed by atoms with van der Waals surface area (Å²) in [4.78, 5) is 8.33. The van der Waals surface area contributed by atoms with Gasteiger partial charge in [-0.2, -0.15) is 18.2 Å². The first kappa shape index (κ1) is 24.1. The van der Waals surface area contributed by atoms with E-state index in [4.69, 9.17) is 0 Å². The quantitative estimate of drug-likeness (QED) is 0.389. The Bertz CT molecular complexity index is 1100. The molecule has 0 aliphatic heterocycles. The molecule has 0 aliphatic rings. The third kappa shape index (κ3) is 6.72. The Kier molecular flexibility index (Phi) is 6.96. The van der Waals surface area contributed by atoms with Gasteiger partial charge in [-0.25, -0.2) is 4.98 Å². The molecule has 3 rings (SSSR count). The fraction of sp³-hybridized carbons (Fsp3) is 0.238. The van der Waals surface area contributed by atoms with Crippen LogP contribution in [0.2, 0.25) is 0 Å². The van der Waals surface area contributed by atoms with Crippen LogP contribution in [0.25, 0.3) is 11.3 Å². The lowest BCUT2D eigenvalue weighted by Crippen LogP contribution is -2.21. The topological polar surface area (TPSA) is 79.3 Å². The van der Waals surface area contributed by atoms with Gasteiger partial charge in [0.25, 0.3) is 0 Å². The van der Waals surface area contributed by atoms with Gasteiger partial charge in [-0.15, -0.1) is 13.2 Å². The number of rotatable bonds is 7. The Morgan fingerprint density at radius 2 is 1.70 bits per heavy atom. The number of ether oxygens (including phenoxy) is 1. The summed E-state index contributed by atoms with van der Waals surface area (Å²) in [6, 6.07) is 10.5. The lowest BCUT2D eigenvalue weighted by atomic mass is 10.1. The van der Waals surface area contributed by atoms with Crippen LogP contribution in [0.3, 0.4) is 0 Å². The van der Waals surface area contributed by atoms with Crippen molar-refractivity contribution >= 4 is 17.5 Å². The van der Waals surface area contributed by atoms with Crippen LogP contribution in [0.4, 0.5) is 43.8 Å². The van der Waals surface area contributed by atoms with E-state index in [-0.39, 0.29) is 35.3 Å². The summed E-state index contributed by atoms with van der Waals surface area (Å²) in [7, 11) is 0. The molecule has 1 atom stereocenters. The summed E-state index contributed by atoms with van der Waals surface area (Å²) in [5.74, 6) is -0.594. The van der Waals surface area contributed by atoms with Crippen LogP contribution in [0.5, 0.6) is 5.75 Å². The number of hydrogen-bond acceptors (Lipinski definition) is 6. The highest BCUT2D eigenvalue weighted by Crippen LogP contribution is 2.36. The zero-order valence-electron chi connectivity index (χ0n) is 17.0. The number of hydrogen-bond donors (Lipinski definition) is 3. The molecule has 3 aromatic rings. The molecule has 1 heterocycles. The average molecular weight is 472 g/mol. The van der Waals surface area contributed by atoms with E-state index in [9.17, 15) is 31.4 Å². The van der Waals surface area contributed by atoms with Gasteiger partial charge in [0.1, 0.15) is 11.6 Å². The summed E-state index contributed by atoms with van der Waals surface area (Å²) in [5, 5.41) is 14.6.